The molecule has 0 radical (unpaired) electrons. The Hall–Kier alpha value is -2.03. The molecule has 0 fully saturated rings. The number of aromatic nitrogens is 1. The van der Waals surface area contributed by atoms with E-state index in [0.29, 0.717) is 0 Å². The molecule has 92 valence electrons. The number of Topliss-reactive ketones (excluding diaryl/α,β-unsaturated/α-hetero) is 1. The fourth-order valence-electron chi connectivity index (χ4n) is 1.96. The topological polar surface area (TPSA) is 30.0 Å². The van der Waals surface area contributed by atoms with Gasteiger partial charge in [-0.1, -0.05) is 18.2 Å². The summed E-state index contributed by atoms with van der Waals surface area (Å²) in [5.41, 5.74) is 2.95. The molecule has 2 aromatic rings. The van der Waals surface area contributed by atoms with Crippen LogP contribution in [0.15, 0.2) is 36.5 Å². The standard InChI is InChI=1S/C15H14FNO/c1-10-5-3-6-11(2)12(10)9-14(18)15-13(16)7-4-8-17-15/h3-8H,9H2,1-2H3. The van der Waals surface area contributed by atoms with E-state index >= 15 is 0 Å². The minimum atomic E-state index is -0.561. The van der Waals surface area contributed by atoms with Crippen molar-refractivity contribution in [2.75, 3.05) is 0 Å². The first kappa shape index (κ1) is 12.4. The number of benzene rings is 1. The van der Waals surface area contributed by atoms with Crippen LogP contribution in [0.2, 0.25) is 0 Å². The smallest absolute Gasteiger partial charge is 0.188 e. The molecule has 0 unspecified atom stereocenters. The number of aryl methyl sites for hydroxylation is 2. The van der Waals surface area contributed by atoms with Gasteiger partial charge in [-0.25, -0.2) is 4.39 Å². The molecule has 0 atom stereocenters. The summed E-state index contributed by atoms with van der Waals surface area (Å²) in [6, 6.07) is 8.57. The van der Waals surface area contributed by atoms with E-state index in [1.165, 1.54) is 18.3 Å². The van der Waals surface area contributed by atoms with Crippen LogP contribution in [0.25, 0.3) is 0 Å². The van der Waals surface area contributed by atoms with Crippen LogP contribution in [0.4, 0.5) is 4.39 Å². The van der Waals surface area contributed by atoms with Gasteiger partial charge in [0.1, 0.15) is 5.69 Å². The number of pyridine rings is 1. The summed E-state index contributed by atoms with van der Waals surface area (Å²) in [6.45, 7) is 3.90. The summed E-state index contributed by atoms with van der Waals surface area (Å²) < 4.78 is 13.5. The summed E-state index contributed by atoms with van der Waals surface area (Å²) in [6.07, 6.45) is 1.62. The molecule has 2 nitrogen and oxygen atoms in total. The van der Waals surface area contributed by atoms with Crippen LogP contribution < -0.4 is 0 Å². The Morgan fingerprint density at radius 1 is 1.17 bits per heavy atom. The van der Waals surface area contributed by atoms with Crippen molar-refractivity contribution in [3.63, 3.8) is 0 Å². The molecule has 0 spiro atoms. The maximum atomic E-state index is 13.5. The summed E-state index contributed by atoms with van der Waals surface area (Å²) in [5.74, 6) is -0.848. The third-order valence-electron chi connectivity index (χ3n) is 3.00. The highest BCUT2D eigenvalue weighted by atomic mass is 19.1. The first-order valence-corrected chi connectivity index (χ1v) is 5.78. The monoisotopic (exact) mass is 243 g/mol. The molecule has 0 saturated heterocycles. The van der Waals surface area contributed by atoms with Crippen molar-refractivity contribution in [1.29, 1.82) is 0 Å². The highest BCUT2D eigenvalue weighted by molar-refractivity contribution is 5.96. The third kappa shape index (κ3) is 2.45. The highest BCUT2D eigenvalue weighted by Gasteiger charge is 2.15. The number of ketones is 1. The zero-order valence-electron chi connectivity index (χ0n) is 10.4. The largest absolute Gasteiger partial charge is 0.292 e. The first-order chi connectivity index (χ1) is 8.59. The Morgan fingerprint density at radius 3 is 2.44 bits per heavy atom. The van der Waals surface area contributed by atoms with E-state index in [-0.39, 0.29) is 17.9 Å². The second kappa shape index (κ2) is 5.08. The predicted molar refractivity (Wildman–Crippen MR) is 68.1 cm³/mol. The Morgan fingerprint density at radius 2 is 1.83 bits per heavy atom. The molecule has 3 heteroatoms. The molecule has 0 aliphatic heterocycles. The van der Waals surface area contributed by atoms with Crippen molar-refractivity contribution in [2.24, 2.45) is 0 Å². The van der Waals surface area contributed by atoms with E-state index < -0.39 is 5.82 Å². The lowest BCUT2D eigenvalue weighted by molar-refractivity contribution is 0.0983. The molecule has 1 aromatic carbocycles. The van der Waals surface area contributed by atoms with E-state index in [4.69, 9.17) is 0 Å². The van der Waals surface area contributed by atoms with Crippen molar-refractivity contribution >= 4 is 5.78 Å². The quantitative estimate of drug-likeness (QED) is 0.774. The van der Waals surface area contributed by atoms with Gasteiger partial charge in [-0.2, -0.15) is 0 Å². The molecule has 1 heterocycles. The number of halogens is 1. The van der Waals surface area contributed by atoms with Crippen LogP contribution in [0.3, 0.4) is 0 Å². The Kier molecular flexibility index (Phi) is 3.51. The summed E-state index contributed by atoms with van der Waals surface area (Å²) >= 11 is 0. The molecular weight excluding hydrogens is 229 g/mol. The Labute approximate surface area is 105 Å². The molecule has 0 aliphatic carbocycles. The van der Waals surface area contributed by atoms with Gasteiger partial charge in [-0.05, 0) is 42.7 Å². The molecular formula is C15H14FNO. The maximum absolute atomic E-state index is 13.5. The van der Waals surface area contributed by atoms with Crippen LogP contribution in [-0.4, -0.2) is 10.8 Å². The number of rotatable bonds is 3. The van der Waals surface area contributed by atoms with Crippen LogP contribution in [0.5, 0.6) is 0 Å². The summed E-state index contributed by atoms with van der Waals surface area (Å²) in [4.78, 5) is 15.8. The molecule has 0 saturated carbocycles. The number of hydrogen-bond donors (Lipinski definition) is 0. The number of carbonyl (C=O) groups is 1. The van der Waals surface area contributed by atoms with Gasteiger partial charge in [0.05, 0.1) is 0 Å². The summed E-state index contributed by atoms with van der Waals surface area (Å²) in [5, 5.41) is 0. The van der Waals surface area contributed by atoms with Gasteiger partial charge < -0.3 is 0 Å². The van der Waals surface area contributed by atoms with Gasteiger partial charge in [-0.3, -0.25) is 9.78 Å². The Bertz CT molecular complexity index is 573. The fraction of sp³-hybridized carbons (Fsp3) is 0.200. The van der Waals surface area contributed by atoms with Gasteiger partial charge in [0.2, 0.25) is 0 Å². The average Bonchev–Trinajstić information content (AvgIpc) is 2.34. The zero-order valence-corrected chi connectivity index (χ0v) is 10.4. The lowest BCUT2D eigenvalue weighted by atomic mass is 9.97. The molecule has 0 N–H and O–H groups in total. The van der Waals surface area contributed by atoms with Crippen molar-refractivity contribution in [3.8, 4) is 0 Å². The first-order valence-electron chi connectivity index (χ1n) is 5.78. The molecule has 0 amide bonds. The van der Waals surface area contributed by atoms with Gasteiger partial charge in [0.15, 0.2) is 11.6 Å². The zero-order chi connectivity index (χ0) is 13.1. The van der Waals surface area contributed by atoms with Gasteiger partial charge in [-0.15, -0.1) is 0 Å². The van der Waals surface area contributed by atoms with E-state index in [2.05, 4.69) is 4.98 Å². The molecule has 0 aliphatic rings. The number of nitrogens with zero attached hydrogens (tertiary/aromatic N) is 1. The van der Waals surface area contributed by atoms with Crippen molar-refractivity contribution in [2.45, 2.75) is 20.3 Å². The molecule has 1 aromatic heterocycles. The lowest BCUT2D eigenvalue weighted by Crippen LogP contribution is -2.10. The van der Waals surface area contributed by atoms with Crippen LogP contribution in [-0.2, 0) is 6.42 Å². The van der Waals surface area contributed by atoms with Crippen molar-refractivity contribution < 1.29 is 9.18 Å². The van der Waals surface area contributed by atoms with Crippen LogP contribution in [0.1, 0.15) is 27.2 Å². The van der Waals surface area contributed by atoms with E-state index in [0.717, 1.165) is 16.7 Å². The molecule has 0 bridgehead atoms. The highest BCUT2D eigenvalue weighted by Crippen LogP contribution is 2.16. The van der Waals surface area contributed by atoms with E-state index in [9.17, 15) is 9.18 Å². The summed E-state index contributed by atoms with van der Waals surface area (Å²) in [7, 11) is 0. The average molecular weight is 243 g/mol. The Balaban J connectivity index is 2.30. The predicted octanol–water partition coefficient (Wildman–Crippen LogP) is 3.26. The van der Waals surface area contributed by atoms with E-state index in [1.54, 1.807) is 0 Å². The fourth-order valence-corrected chi connectivity index (χ4v) is 1.96. The molecule has 2 rings (SSSR count). The third-order valence-corrected chi connectivity index (χ3v) is 3.00. The van der Waals surface area contributed by atoms with E-state index in [1.807, 2.05) is 32.0 Å². The second-order valence-electron chi connectivity index (χ2n) is 4.30. The SMILES string of the molecule is Cc1cccc(C)c1CC(=O)c1ncccc1F. The normalized spacial score (nSPS) is 10.4. The van der Waals surface area contributed by atoms with Crippen molar-refractivity contribution in [3.05, 3.63) is 64.7 Å². The molecule has 18 heavy (non-hydrogen) atoms. The van der Waals surface area contributed by atoms with Crippen LogP contribution in [0, 0.1) is 19.7 Å². The number of carbonyl (C=O) groups excluding carboxylic acids is 1. The minimum absolute atomic E-state index is 0.0832. The van der Waals surface area contributed by atoms with Gasteiger partial charge in [0, 0.05) is 12.6 Å². The van der Waals surface area contributed by atoms with Crippen molar-refractivity contribution in [1.82, 2.24) is 4.98 Å². The number of hydrogen-bond acceptors (Lipinski definition) is 2. The van der Waals surface area contributed by atoms with Gasteiger partial charge >= 0.3 is 0 Å². The van der Waals surface area contributed by atoms with Gasteiger partial charge in [0.25, 0.3) is 0 Å². The lowest BCUT2D eigenvalue weighted by Gasteiger charge is -2.08. The van der Waals surface area contributed by atoms with Crippen LogP contribution >= 0.6 is 0 Å². The second-order valence-corrected chi connectivity index (χ2v) is 4.30. The maximum Gasteiger partial charge on any atom is 0.188 e. The minimum Gasteiger partial charge on any atom is -0.292 e.